The molecule has 0 saturated heterocycles. The van der Waals surface area contributed by atoms with Crippen molar-refractivity contribution in [2.24, 2.45) is 0 Å². The average Bonchev–Trinajstić information content (AvgIpc) is 2.95. The fourth-order valence-electron chi connectivity index (χ4n) is 4.08. The van der Waals surface area contributed by atoms with Gasteiger partial charge in [0, 0.05) is 39.6 Å². The topological polar surface area (TPSA) is 116 Å². The number of benzene rings is 2. The highest BCUT2D eigenvalue weighted by atomic mass is 35.5. The minimum Gasteiger partial charge on any atom is -0.322 e. The van der Waals surface area contributed by atoms with Crippen LogP contribution in [0.1, 0.15) is 54.8 Å². The van der Waals surface area contributed by atoms with E-state index in [1.807, 2.05) is 0 Å². The number of fused-ring (bicyclic) bond motifs is 1. The van der Waals surface area contributed by atoms with Crippen LogP contribution in [0.15, 0.2) is 72.9 Å². The summed E-state index contributed by atoms with van der Waals surface area (Å²) in [6.07, 6.45) is 2.93. The van der Waals surface area contributed by atoms with Crippen molar-refractivity contribution in [1.29, 1.82) is 0 Å². The van der Waals surface area contributed by atoms with Crippen LogP contribution in [0.3, 0.4) is 0 Å². The Labute approximate surface area is 222 Å². The molecule has 0 radical (unpaired) electrons. The molecule has 198 valence electrons. The van der Waals surface area contributed by atoms with Crippen molar-refractivity contribution in [3.63, 3.8) is 0 Å². The molecule has 2 amide bonds. The van der Waals surface area contributed by atoms with Gasteiger partial charge in [-0.25, -0.2) is 4.57 Å². The fraction of sp³-hybridized carbons (Fsp3) is 0.259. The van der Waals surface area contributed by atoms with Crippen LogP contribution in [0.5, 0.6) is 0 Å². The summed E-state index contributed by atoms with van der Waals surface area (Å²) in [4.78, 5) is 46.5. The number of hydrogen-bond acceptors (Lipinski definition) is 4. The number of phosphoric ester groups is 1. The maximum Gasteiger partial charge on any atom is 0.470 e. The van der Waals surface area contributed by atoms with E-state index in [9.17, 15) is 23.9 Å². The monoisotopic (exact) mass is 546 g/mol. The van der Waals surface area contributed by atoms with Gasteiger partial charge >= 0.3 is 7.82 Å². The molecule has 2 aromatic carbocycles. The van der Waals surface area contributed by atoms with Gasteiger partial charge in [0.2, 0.25) is 0 Å². The molecule has 0 spiro atoms. The molecular formula is C27H32ClN2O6P. The van der Waals surface area contributed by atoms with Gasteiger partial charge in [0.15, 0.2) is 0 Å². The molecule has 1 unspecified atom stereocenters. The molecule has 2 aromatic rings. The van der Waals surface area contributed by atoms with E-state index < -0.39 is 13.9 Å². The Morgan fingerprint density at radius 2 is 1.95 bits per heavy atom. The minimum absolute atomic E-state index is 0. The van der Waals surface area contributed by atoms with E-state index in [4.69, 9.17) is 16.1 Å². The minimum atomic E-state index is -4.76. The Morgan fingerprint density at radius 1 is 1.24 bits per heavy atom. The van der Waals surface area contributed by atoms with Gasteiger partial charge in [0.1, 0.15) is 0 Å². The highest BCUT2D eigenvalue weighted by Gasteiger charge is 2.32. The lowest BCUT2D eigenvalue weighted by atomic mass is 10.0. The second kappa shape index (κ2) is 12.5. The Morgan fingerprint density at radius 3 is 2.54 bits per heavy atom. The van der Waals surface area contributed by atoms with Gasteiger partial charge in [-0.2, -0.15) is 0 Å². The number of nitrogens with zero attached hydrogens (tertiary/aromatic N) is 1. The van der Waals surface area contributed by atoms with E-state index in [0.29, 0.717) is 63.6 Å². The van der Waals surface area contributed by atoms with Crippen molar-refractivity contribution in [2.45, 2.75) is 40.2 Å². The van der Waals surface area contributed by atoms with Gasteiger partial charge in [0.25, 0.3) is 11.8 Å². The van der Waals surface area contributed by atoms with Crippen molar-refractivity contribution < 1.29 is 28.5 Å². The van der Waals surface area contributed by atoms with E-state index in [2.05, 4.69) is 18.5 Å². The van der Waals surface area contributed by atoms with Gasteiger partial charge in [-0.15, -0.1) is 0 Å². The second-order valence-electron chi connectivity index (χ2n) is 8.47. The zero-order valence-electron chi connectivity index (χ0n) is 20.0. The van der Waals surface area contributed by atoms with E-state index in [0.717, 1.165) is 0 Å². The Hall–Kier alpha value is -3.00. The largest absolute Gasteiger partial charge is 0.470 e. The number of aryl methyl sites for hydroxylation is 1. The molecule has 0 aromatic heterocycles. The number of carbonyl (C=O) groups excluding carboxylic acids is 2. The number of carbonyl (C=O) groups is 2. The number of phosphoric acid groups is 1. The van der Waals surface area contributed by atoms with Crippen molar-refractivity contribution in [3.05, 3.63) is 94.6 Å². The third kappa shape index (κ3) is 7.51. The average molecular weight is 547 g/mol. The molecule has 1 heterocycles. The summed E-state index contributed by atoms with van der Waals surface area (Å²) in [6.45, 7) is 11.2. The van der Waals surface area contributed by atoms with E-state index >= 15 is 0 Å². The highest BCUT2D eigenvalue weighted by molar-refractivity contribution is 7.46. The molecule has 3 rings (SSSR count). The zero-order chi connectivity index (χ0) is 26.6. The molecule has 37 heavy (non-hydrogen) atoms. The van der Waals surface area contributed by atoms with Crippen molar-refractivity contribution in [1.82, 2.24) is 0 Å². The number of hydrogen-bond donors (Lipinski definition) is 3. The van der Waals surface area contributed by atoms with Gasteiger partial charge in [-0.05, 0) is 80.3 Å². The third-order valence-electron chi connectivity index (χ3n) is 5.69. The molecule has 1 atom stereocenters. The van der Waals surface area contributed by atoms with Gasteiger partial charge in [-0.1, -0.05) is 38.3 Å². The molecule has 3 N–H and O–H groups in total. The zero-order valence-corrected chi connectivity index (χ0v) is 21.7. The number of halogens is 1. The van der Waals surface area contributed by atoms with Crippen molar-refractivity contribution in [3.8, 4) is 0 Å². The van der Waals surface area contributed by atoms with Crippen LogP contribution >= 0.6 is 19.4 Å². The first kappa shape index (κ1) is 30.2. The van der Waals surface area contributed by atoms with Gasteiger partial charge in [-0.3, -0.25) is 14.1 Å². The summed E-state index contributed by atoms with van der Waals surface area (Å²) in [6, 6.07) is 9.80. The standard InChI is InChI=1S/C26H28ClN2O6P.CH4/c1-5-7-20(16(2)3)25(30)28-19-10-11-21(17(4)14-19)26(31)29-13-6-8-24(35-36(32,33)34)22-15-18(27)9-12-23(22)29;/h5,7,9-12,14-15,24H,1-2,6,8,13H2,3-4H3,(H,28,30)(H2,32,33,34);1H4/b20-7+;. The summed E-state index contributed by atoms with van der Waals surface area (Å²) in [7, 11) is -4.76. The quantitative estimate of drug-likeness (QED) is 0.207. The van der Waals surface area contributed by atoms with Gasteiger partial charge < -0.3 is 20.0 Å². The van der Waals surface area contributed by atoms with Crippen molar-refractivity contribution >= 4 is 42.6 Å². The maximum absolute atomic E-state index is 13.6. The van der Waals surface area contributed by atoms with Crippen LogP contribution in [0.25, 0.3) is 0 Å². The molecule has 8 nitrogen and oxygen atoms in total. The number of allylic oxidation sites excluding steroid dienone is 2. The predicted molar refractivity (Wildman–Crippen MR) is 148 cm³/mol. The summed E-state index contributed by atoms with van der Waals surface area (Å²) in [5.74, 6) is -0.629. The van der Waals surface area contributed by atoms with Crippen LogP contribution in [0.4, 0.5) is 11.4 Å². The predicted octanol–water partition coefficient (Wildman–Crippen LogP) is 6.50. The fourth-order valence-corrected chi connectivity index (χ4v) is 4.81. The number of anilines is 2. The SMILES string of the molecule is C.C=C/C=C(\C(=C)C)C(=O)Nc1ccc(C(=O)N2CCCC(OP(=O)(O)O)c3cc(Cl)ccc32)c(C)c1. The maximum atomic E-state index is 13.6. The number of amides is 2. The molecule has 0 bridgehead atoms. The Balaban J connectivity index is 0.00000481. The number of nitrogens with one attached hydrogen (secondary N) is 1. The molecule has 10 heteroatoms. The first-order chi connectivity index (χ1) is 16.9. The lowest BCUT2D eigenvalue weighted by Gasteiger charge is -2.25. The lowest BCUT2D eigenvalue weighted by molar-refractivity contribution is -0.112. The first-order valence-electron chi connectivity index (χ1n) is 11.2. The molecule has 0 saturated carbocycles. The van der Waals surface area contributed by atoms with Crippen molar-refractivity contribution in [2.75, 3.05) is 16.8 Å². The molecule has 1 aliphatic rings. The molecule has 1 aliphatic heterocycles. The van der Waals surface area contributed by atoms with Gasteiger partial charge in [0.05, 0.1) is 6.10 Å². The van der Waals surface area contributed by atoms with Crippen LogP contribution in [-0.2, 0) is 13.9 Å². The highest BCUT2D eigenvalue weighted by Crippen LogP contribution is 2.47. The smallest absolute Gasteiger partial charge is 0.322 e. The summed E-state index contributed by atoms with van der Waals surface area (Å²) in [5, 5.41) is 3.17. The van der Waals surface area contributed by atoms with Crippen LogP contribution in [-0.4, -0.2) is 28.1 Å². The summed E-state index contributed by atoms with van der Waals surface area (Å²) >= 11 is 6.15. The molecule has 0 fully saturated rings. The molecular weight excluding hydrogens is 515 g/mol. The third-order valence-corrected chi connectivity index (χ3v) is 6.45. The molecule has 0 aliphatic carbocycles. The Bertz CT molecular complexity index is 1300. The van der Waals surface area contributed by atoms with Crippen LogP contribution < -0.4 is 10.2 Å². The van der Waals surface area contributed by atoms with Crippen LogP contribution in [0.2, 0.25) is 5.02 Å². The van der Waals surface area contributed by atoms with Crippen LogP contribution in [0, 0.1) is 6.92 Å². The lowest BCUT2D eigenvalue weighted by Crippen LogP contribution is -2.32. The van der Waals surface area contributed by atoms with E-state index in [1.54, 1.807) is 61.2 Å². The summed E-state index contributed by atoms with van der Waals surface area (Å²) in [5.41, 5.74) is 3.47. The van der Waals surface area contributed by atoms with E-state index in [1.165, 1.54) is 6.08 Å². The number of rotatable bonds is 7. The Kier molecular flexibility index (Phi) is 10.2. The summed E-state index contributed by atoms with van der Waals surface area (Å²) < 4.78 is 16.5. The second-order valence-corrected chi connectivity index (χ2v) is 10.1. The van der Waals surface area contributed by atoms with E-state index in [-0.39, 0.29) is 19.2 Å². The first-order valence-corrected chi connectivity index (χ1v) is 13.1. The normalized spacial score (nSPS) is 15.6.